The molecule has 0 bridgehead atoms. The zero-order valence-corrected chi connectivity index (χ0v) is 11.3. The van der Waals surface area contributed by atoms with Crippen molar-refractivity contribution >= 4 is 29.0 Å². The van der Waals surface area contributed by atoms with Crippen molar-refractivity contribution in [1.29, 1.82) is 0 Å². The van der Waals surface area contributed by atoms with Crippen molar-refractivity contribution in [2.75, 3.05) is 25.0 Å². The second-order valence-electron chi connectivity index (χ2n) is 4.64. The van der Waals surface area contributed by atoms with E-state index >= 15 is 0 Å². The summed E-state index contributed by atoms with van der Waals surface area (Å²) in [6.07, 6.45) is 3.18. The fraction of sp³-hybridized carbons (Fsp3) is 0.357. The van der Waals surface area contributed by atoms with Crippen LogP contribution in [0.15, 0.2) is 36.5 Å². The molecule has 3 rings (SSSR count). The number of pyridine rings is 1. The minimum atomic E-state index is 0. The normalized spacial score (nSPS) is 18.6. The number of benzene rings is 1. The number of anilines is 1. The molecular weight excluding hydrogens is 246 g/mol. The molecule has 1 aliphatic heterocycles. The van der Waals surface area contributed by atoms with E-state index in [1.165, 1.54) is 17.5 Å². The molecule has 0 unspecified atom stereocenters. The predicted molar refractivity (Wildman–Crippen MR) is 78.7 cm³/mol. The predicted octanol–water partition coefficient (Wildman–Crippen LogP) is 2.45. The van der Waals surface area contributed by atoms with E-state index in [1.54, 1.807) is 0 Å². The van der Waals surface area contributed by atoms with Crippen molar-refractivity contribution in [3.05, 3.63) is 36.5 Å². The topological polar surface area (TPSA) is 28.2 Å². The average molecular weight is 264 g/mol. The summed E-state index contributed by atoms with van der Waals surface area (Å²) >= 11 is 0. The monoisotopic (exact) mass is 263 g/mol. The van der Waals surface area contributed by atoms with Crippen LogP contribution in [-0.2, 0) is 0 Å². The van der Waals surface area contributed by atoms with Crippen molar-refractivity contribution < 1.29 is 0 Å². The molecule has 2 heterocycles. The Labute approximate surface area is 114 Å². The summed E-state index contributed by atoms with van der Waals surface area (Å²) in [5.74, 6) is 0. The van der Waals surface area contributed by atoms with Gasteiger partial charge in [0.2, 0.25) is 0 Å². The van der Waals surface area contributed by atoms with Gasteiger partial charge in [0.25, 0.3) is 0 Å². The number of aromatic nitrogens is 1. The smallest absolute Gasteiger partial charge is 0.0703 e. The zero-order valence-electron chi connectivity index (χ0n) is 10.5. The molecule has 1 aromatic carbocycles. The van der Waals surface area contributed by atoms with Crippen LogP contribution < -0.4 is 10.2 Å². The second kappa shape index (κ2) is 5.55. The van der Waals surface area contributed by atoms with Crippen LogP contribution in [-0.4, -0.2) is 31.2 Å². The van der Waals surface area contributed by atoms with E-state index in [9.17, 15) is 0 Å². The molecule has 0 aliphatic carbocycles. The van der Waals surface area contributed by atoms with Crippen LogP contribution in [0.25, 0.3) is 10.9 Å². The lowest BCUT2D eigenvalue weighted by atomic mass is 10.1. The molecule has 2 aromatic rings. The number of nitrogens with zero attached hydrogens (tertiary/aromatic N) is 2. The molecule has 18 heavy (non-hydrogen) atoms. The molecule has 1 atom stereocenters. The van der Waals surface area contributed by atoms with Gasteiger partial charge in [-0.25, -0.2) is 0 Å². The summed E-state index contributed by atoms with van der Waals surface area (Å²) < 4.78 is 0. The van der Waals surface area contributed by atoms with Crippen molar-refractivity contribution in [3.63, 3.8) is 0 Å². The lowest BCUT2D eigenvalue weighted by Gasteiger charge is -2.25. The summed E-state index contributed by atoms with van der Waals surface area (Å²) in [6, 6.07) is 11.1. The minimum absolute atomic E-state index is 0. The molecule has 1 aliphatic rings. The summed E-state index contributed by atoms with van der Waals surface area (Å²) in [6.45, 7) is 2.19. The average Bonchev–Trinajstić information content (AvgIpc) is 2.91. The molecular formula is C14H18ClN3. The molecule has 3 nitrogen and oxygen atoms in total. The maximum Gasteiger partial charge on any atom is 0.0703 e. The highest BCUT2D eigenvalue weighted by atomic mass is 35.5. The quantitative estimate of drug-likeness (QED) is 0.902. The first-order valence-corrected chi connectivity index (χ1v) is 6.13. The van der Waals surface area contributed by atoms with Gasteiger partial charge in [-0.05, 0) is 25.1 Å². The highest BCUT2D eigenvalue weighted by molar-refractivity contribution is 5.85. The van der Waals surface area contributed by atoms with Gasteiger partial charge >= 0.3 is 0 Å². The van der Waals surface area contributed by atoms with Crippen molar-refractivity contribution in [1.82, 2.24) is 10.3 Å². The van der Waals surface area contributed by atoms with Gasteiger partial charge < -0.3 is 10.2 Å². The third-order valence-electron chi connectivity index (χ3n) is 3.57. The van der Waals surface area contributed by atoms with Crippen LogP contribution >= 0.6 is 12.4 Å². The number of hydrogen-bond donors (Lipinski definition) is 1. The molecule has 96 valence electrons. The highest BCUT2D eigenvalue weighted by Crippen LogP contribution is 2.21. The van der Waals surface area contributed by atoms with Crippen molar-refractivity contribution in [2.24, 2.45) is 0 Å². The fourth-order valence-electron chi connectivity index (χ4n) is 2.43. The number of halogens is 1. The van der Waals surface area contributed by atoms with E-state index in [0.29, 0.717) is 6.04 Å². The summed E-state index contributed by atoms with van der Waals surface area (Å²) in [4.78, 5) is 6.84. The van der Waals surface area contributed by atoms with E-state index in [2.05, 4.69) is 46.5 Å². The molecule has 0 saturated carbocycles. The van der Waals surface area contributed by atoms with Crippen LogP contribution in [0.5, 0.6) is 0 Å². The number of nitrogens with one attached hydrogen (secondary N) is 1. The van der Waals surface area contributed by atoms with Gasteiger partial charge in [-0.3, -0.25) is 4.98 Å². The Hall–Kier alpha value is -1.32. The highest BCUT2D eigenvalue weighted by Gasteiger charge is 2.19. The van der Waals surface area contributed by atoms with Gasteiger partial charge in [-0.1, -0.05) is 18.2 Å². The number of para-hydroxylation sites is 1. The Morgan fingerprint density at radius 2 is 2.17 bits per heavy atom. The Morgan fingerprint density at radius 3 is 2.94 bits per heavy atom. The molecule has 4 heteroatoms. The van der Waals surface area contributed by atoms with Gasteiger partial charge in [-0.15, -0.1) is 12.4 Å². The van der Waals surface area contributed by atoms with E-state index in [-0.39, 0.29) is 12.4 Å². The van der Waals surface area contributed by atoms with Crippen LogP contribution in [0.4, 0.5) is 5.69 Å². The van der Waals surface area contributed by atoms with Gasteiger partial charge in [0, 0.05) is 25.0 Å². The molecule has 0 amide bonds. The Balaban J connectivity index is 0.00000120. The molecule has 1 aromatic heterocycles. The third-order valence-corrected chi connectivity index (χ3v) is 3.57. The molecule has 1 N–H and O–H groups in total. The Kier molecular flexibility index (Phi) is 4.04. The van der Waals surface area contributed by atoms with E-state index in [1.807, 2.05) is 12.3 Å². The lowest BCUT2D eigenvalue weighted by Crippen LogP contribution is -2.33. The number of rotatable bonds is 2. The second-order valence-corrected chi connectivity index (χ2v) is 4.64. The summed E-state index contributed by atoms with van der Waals surface area (Å²) in [5.41, 5.74) is 2.27. The van der Waals surface area contributed by atoms with Crippen molar-refractivity contribution in [2.45, 2.75) is 12.5 Å². The molecule has 1 fully saturated rings. The summed E-state index contributed by atoms with van der Waals surface area (Å²) in [5, 5.41) is 4.61. The van der Waals surface area contributed by atoms with E-state index in [4.69, 9.17) is 0 Å². The number of hydrogen-bond acceptors (Lipinski definition) is 3. The first kappa shape index (κ1) is 13.1. The van der Waals surface area contributed by atoms with E-state index in [0.717, 1.165) is 18.6 Å². The van der Waals surface area contributed by atoms with Gasteiger partial charge in [0.15, 0.2) is 0 Å². The largest absolute Gasteiger partial charge is 0.369 e. The SMILES string of the molecule is CN(c1cnc2ccccc2c1)[C@H]1CCNC1.Cl. The lowest BCUT2D eigenvalue weighted by molar-refractivity contribution is 0.685. The number of fused-ring (bicyclic) bond motifs is 1. The molecule has 0 spiro atoms. The molecule has 0 radical (unpaired) electrons. The van der Waals surface area contributed by atoms with Gasteiger partial charge in [0.05, 0.1) is 17.4 Å². The van der Waals surface area contributed by atoms with E-state index < -0.39 is 0 Å². The van der Waals surface area contributed by atoms with Gasteiger partial charge in [0.1, 0.15) is 0 Å². The zero-order chi connectivity index (χ0) is 11.7. The maximum absolute atomic E-state index is 4.51. The van der Waals surface area contributed by atoms with Crippen molar-refractivity contribution in [3.8, 4) is 0 Å². The number of likely N-dealkylation sites (N-methyl/N-ethyl adjacent to an activating group) is 1. The third kappa shape index (κ3) is 2.42. The Morgan fingerprint density at radius 1 is 1.33 bits per heavy atom. The van der Waals surface area contributed by atoms with Gasteiger partial charge in [-0.2, -0.15) is 0 Å². The van der Waals surface area contributed by atoms with Crippen LogP contribution in [0.1, 0.15) is 6.42 Å². The first-order valence-electron chi connectivity index (χ1n) is 6.13. The molecule has 1 saturated heterocycles. The Bertz CT molecular complexity index is 523. The first-order chi connectivity index (χ1) is 8.34. The standard InChI is InChI=1S/C14H17N3.ClH/c1-17(12-6-7-15-9-12)13-8-11-4-2-3-5-14(11)16-10-13;/h2-5,8,10,12,15H,6-7,9H2,1H3;1H/t12-;/m0./s1. The van der Waals surface area contributed by atoms with Crippen LogP contribution in [0.3, 0.4) is 0 Å². The fourth-order valence-corrected chi connectivity index (χ4v) is 2.43. The van der Waals surface area contributed by atoms with Crippen LogP contribution in [0, 0.1) is 0 Å². The summed E-state index contributed by atoms with van der Waals surface area (Å²) in [7, 11) is 2.16. The maximum atomic E-state index is 4.51. The van der Waals surface area contributed by atoms with Crippen LogP contribution in [0.2, 0.25) is 0 Å². The minimum Gasteiger partial charge on any atom is -0.369 e.